The molecule has 0 N–H and O–H groups in total. The monoisotopic (exact) mass is 286 g/mol. The van der Waals surface area contributed by atoms with Crippen LogP contribution in [-0.4, -0.2) is 17.3 Å². The fourth-order valence-corrected chi connectivity index (χ4v) is 3.43. The van der Waals surface area contributed by atoms with E-state index in [9.17, 15) is 9.59 Å². The van der Waals surface area contributed by atoms with Gasteiger partial charge in [0.05, 0.1) is 5.92 Å². The minimum Gasteiger partial charge on any atom is -0.462 e. The molecule has 0 heterocycles. The van der Waals surface area contributed by atoms with Gasteiger partial charge in [-0.15, -0.1) is 0 Å². The maximum absolute atomic E-state index is 12.0. The first kappa shape index (κ1) is 14.8. The lowest BCUT2D eigenvalue weighted by atomic mass is 9.75. The Morgan fingerprint density at radius 2 is 1.84 bits per heavy atom. The van der Waals surface area contributed by atoms with Crippen molar-refractivity contribution in [3.63, 3.8) is 0 Å². The van der Waals surface area contributed by atoms with Crippen molar-refractivity contribution < 1.29 is 14.3 Å². The van der Waals surface area contributed by atoms with Crippen LogP contribution in [0.15, 0.2) is 0 Å². The summed E-state index contributed by atoms with van der Waals surface area (Å²) in [7, 11) is 0. The van der Waals surface area contributed by atoms with Crippen LogP contribution < -0.4 is 0 Å². The molecule has 2 rings (SSSR count). The quantitative estimate of drug-likeness (QED) is 0.588. The number of carbonyl (C=O) groups excluding carboxylic acids is 2. The van der Waals surface area contributed by atoms with Gasteiger partial charge in [0.15, 0.2) is 0 Å². The number of esters is 1. The Balaban J connectivity index is 1.92. The standard InChI is InChI=1S/C15H23ClO3/c1-8(2)10-5-4-9(3)6-13(10)19-15(18)12-7-11(12)14(16)17/h8-13H,4-7H2,1-3H3/t9-,10+,11+,12+,13-/m1/s1. The van der Waals surface area contributed by atoms with Gasteiger partial charge in [0, 0.05) is 5.92 Å². The van der Waals surface area contributed by atoms with Crippen LogP contribution in [0.2, 0.25) is 0 Å². The Hall–Kier alpha value is -0.570. The average Bonchev–Trinajstić information content (AvgIpc) is 3.08. The third kappa shape index (κ3) is 3.50. The summed E-state index contributed by atoms with van der Waals surface area (Å²) in [6, 6.07) is 0. The number of halogens is 1. The molecule has 0 aromatic rings. The van der Waals surface area contributed by atoms with E-state index in [0.29, 0.717) is 24.2 Å². The van der Waals surface area contributed by atoms with E-state index >= 15 is 0 Å². The SMILES string of the molecule is CC(C)[C@@H]1CC[C@@H](C)C[C@H]1OC(=O)[C@H]1C[C@@H]1C(=O)Cl. The average molecular weight is 287 g/mol. The zero-order chi connectivity index (χ0) is 14.2. The molecule has 2 saturated carbocycles. The van der Waals surface area contributed by atoms with E-state index < -0.39 is 5.24 Å². The summed E-state index contributed by atoms with van der Waals surface area (Å²) in [5.41, 5.74) is 0. The number of carbonyl (C=O) groups is 2. The molecule has 0 aliphatic heterocycles. The minimum absolute atomic E-state index is 0.0166. The second-order valence-corrected chi connectivity index (χ2v) is 6.93. The lowest BCUT2D eigenvalue weighted by molar-refractivity contribution is -0.158. The van der Waals surface area contributed by atoms with Crippen LogP contribution >= 0.6 is 11.6 Å². The molecule has 108 valence electrons. The van der Waals surface area contributed by atoms with Crippen LogP contribution in [0.25, 0.3) is 0 Å². The van der Waals surface area contributed by atoms with E-state index in [2.05, 4.69) is 20.8 Å². The molecule has 0 spiro atoms. The van der Waals surface area contributed by atoms with Gasteiger partial charge in [-0.1, -0.05) is 27.2 Å². The molecule has 3 nitrogen and oxygen atoms in total. The first-order valence-electron chi connectivity index (χ1n) is 7.30. The fourth-order valence-electron chi connectivity index (χ4n) is 3.19. The van der Waals surface area contributed by atoms with Gasteiger partial charge in [0.1, 0.15) is 6.10 Å². The van der Waals surface area contributed by atoms with Crippen molar-refractivity contribution in [3.05, 3.63) is 0 Å². The van der Waals surface area contributed by atoms with Gasteiger partial charge in [-0.05, 0) is 48.6 Å². The molecule has 0 radical (unpaired) electrons. The molecule has 2 fully saturated rings. The van der Waals surface area contributed by atoms with E-state index in [0.717, 1.165) is 12.8 Å². The van der Waals surface area contributed by atoms with Gasteiger partial charge < -0.3 is 4.74 Å². The molecule has 5 atom stereocenters. The van der Waals surface area contributed by atoms with Crippen LogP contribution in [0.3, 0.4) is 0 Å². The first-order chi connectivity index (χ1) is 8.90. The Morgan fingerprint density at radius 3 is 2.37 bits per heavy atom. The summed E-state index contributed by atoms with van der Waals surface area (Å²) in [6.07, 6.45) is 3.86. The summed E-state index contributed by atoms with van der Waals surface area (Å²) in [6.45, 7) is 6.58. The van der Waals surface area contributed by atoms with Crippen molar-refractivity contribution in [2.24, 2.45) is 29.6 Å². The van der Waals surface area contributed by atoms with Gasteiger partial charge in [-0.25, -0.2) is 0 Å². The molecule has 0 aromatic carbocycles. The van der Waals surface area contributed by atoms with Crippen molar-refractivity contribution in [1.82, 2.24) is 0 Å². The predicted molar refractivity (Wildman–Crippen MR) is 73.7 cm³/mol. The molecule has 2 aliphatic carbocycles. The van der Waals surface area contributed by atoms with E-state index in [1.807, 2.05) is 0 Å². The molecule has 0 amide bonds. The maximum atomic E-state index is 12.0. The Kier molecular flexibility index (Phi) is 4.54. The lowest BCUT2D eigenvalue weighted by Gasteiger charge is -2.36. The van der Waals surface area contributed by atoms with Gasteiger partial charge in [-0.3, -0.25) is 9.59 Å². The Morgan fingerprint density at radius 1 is 1.16 bits per heavy atom. The number of rotatable bonds is 4. The highest BCUT2D eigenvalue weighted by Crippen LogP contribution is 2.43. The molecule has 0 saturated heterocycles. The van der Waals surface area contributed by atoms with Gasteiger partial charge in [0.25, 0.3) is 0 Å². The third-order valence-electron chi connectivity index (χ3n) is 4.61. The number of ether oxygens (including phenoxy) is 1. The van der Waals surface area contributed by atoms with E-state index in [1.54, 1.807) is 0 Å². The van der Waals surface area contributed by atoms with Crippen LogP contribution in [-0.2, 0) is 14.3 Å². The second-order valence-electron chi connectivity index (χ2n) is 6.55. The second kappa shape index (κ2) is 5.82. The largest absolute Gasteiger partial charge is 0.462 e. The molecule has 0 aromatic heterocycles. The molecule has 2 aliphatic rings. The molecule has 0 unspecified atom stereocenters. The smallest absolute Gasteiger partial charge is 0.310 e. The van der Waals surface area contributed by atoms with Crippen molar-refractivity contribution >= 4 is 22.8 Å². The van der Waals surface area contributed by atoms with Gasteiger partial charge >= 0.3 is 5.97 Å². The molecule has 4 heteroatoms. The summed E-state index contributed by atoms with van der Waals surface area (Å²) in [5.74, 6) is 0.781. The molecule has 0 bridgehead atoms. The van der Waals surface area contributed by atoms with Crippen molar-refractivity contribution in [1.29, 1.82) is 0 Å². The van der Waals surface area contributed by atoms with Crippen LogP contribution in [0.5, 0.6) is 0 Å². The van der Waals surface area contributed by atoms with Crippen molar-refractivity contribution in [2.75, 3.05) is 0 Å². The normalized spacial score (nSPS) is 38.1. The third-order valence-corrected chi connectivity index (χ3v) is 4.89. The highest BCUT2D eigenvalue weighted by atomic mass is 35.5. The summed E-state index contributed by atoms with van der Waals surface area (Å²) in [5, 5.41) is -0.403. The summed E-state index contributed by atoms with van der Waals surface area (Å²) in [4.78, 5) is 23.0. The maximum Gasteiger partial charge on any atom is 0.310 e. The number of hydrogen-bond donors (Lipinski definition) is 0. The lowest BCUT2D eigenvalue weighted by Crippen LogP contribution is -2.36. The zero-order valence-corrected chi connectivity index (χ0v) is 12.7. The Labute approximate surface area is 120 Å². The van der Waals surface area contributed by atoms with E-state index in [-0.39, 0.29) is 23.9 Å². The fraction of sp³-hybridized carbons (Fsp3) is 0.867. The topological polar surface area (TPSA) is 43.4 Å². The van der Waals surface area contributed by atoms with E-state index in [4.69, 9.17) is 16.3 Å². The Bertz CT molecular complexity index is 366. The molecular weight excluding hydrogens is 264 g/mol. The first-order valence-corrected chi connectivity index (χ1v) is 7.67. The number of hydrogen-bond acceptors (Lipinski definition) is 3. The van der Waals surface area contributed by atoms with Gasteiger partial charge in [0.2, 0.25) is 5.24 Å². The van der Waals surface area contributed by atoms with Crippen LogP contribution in [0.4, 0.5) is 0 Å². The van der Waals surface area contributed by atoms with Crippen molar-refractivity contribution in [3.8, 4) is 0 Å². The summed E-state index contributed by atoms with van der Waals surface area (Å²) < 4.78 is 5.69. The highest BCUT2D eigenvalue weighted by molar-refractivity contribution is 6.64. The van der Waals surface area contributed by atoms with Crippen molar-refractivity contribution in [2.45, 2.75) is 52.6 Å². The van der Waals surface area contributed by atoms with Crippen LogP contribution in [0.1, 0.15) is 46.5 Å². The van der Waals surface area contributed by atoms with E-state index in [1.165, 1.54) is 6.42 Å². The molecule has 19 heavy (non-hydrogen) atoms. The minimum atomic E-state index is -0.403. The highest BCUT2D eigenvalue weighted by Gasteiger charge is 2.49. The summed E-state index contributed by atoms with van der Waals surface area (Å²) >= 11 is 5.41. The van der Waals surface area contributed by atoms with Gasteiger partial charge in [-0.2, -0.15) is 0 Å². The molecular formula is C15H23ClO3. The van der Waals surface area contributed by atoms with Crippen LogP contribution in [0, 0.1) is 29.6 Å². The zero-order valence-electron chi connectivity index (χ0n) is 11.9. The predicted octanol–water partition coefficient (Wildman–Crippen LogP) is 3.39.